The van der Waals surface area contributed by atoms with Crippen LogP contribution in [0, 0.1) is 0 Å². The molecule has 14 heteroatoms. The Morgan fingerprint density at radius 1 is 1.15 bits per heavy atom. The molecule has 0 saturated heterocycles. The molecular formula is C25H22Cl2F3N5O4. The van der Waals surface area contributed by atoms with Crippen molar-refractivity contribution in [3.8, 4) is 5.82 Å². The highest BCUT2D eigenvalue weighted by Gasteiger charge is 2.36. The lowest BCUT2D eigenvalue weighted by molar-refractivity contribution is -0.137. The first-order valence-electron chi connectivity index (χ1n) is 11.7. The highest BCUT2D eigenvalue weighted by atomic mass is 35.5. The number of fused-ring (bicyclic) bond motifs is 1. The number of carbonyl (C=O) groups is 2. The molecule has 3 aromatic rings. The number of nitrogens with one attached hydrogen (secondary N) is 1. The second kappa shape index (κ2) is 10.5. The van der Waals surface area contributed by atoms with E-state index in [4.69, 9.17) is 23.2 Å². The van der Waals surface area contributed by atoms with Crippen molar-refractivity contribution in [1.29, 1.82) is 0 Å². The van der Waals surface area contributed by atoms with Gasteiger partial charge in [0.15, 0.2) is 5.82 Å². The molecule has 206 valence electrons. The lowest BCUT2D eigenvalue weighted by Gasteiger charge is -2.35. The van der Waals surface area contributed by atoms with Crippen molar-refractivity contribution in [3.05, 3.63) is 78.8 Å². The zero-order valence-electron chi connectivity index (χ0n) is 20.8. The molecule has 0 spiro atoms. The second-order valence-electron chi connectivity index (χ2n) is 9.31. The van der Waals surface area contributed by atoms with Crippen LogP contribution in [0.2, 0.25) is 10.0 Å². The standard InChI is InChI=1S/C25H22Cl2F3N5O4/c1-11(2)32-24-33-19-10-34(21(36)13-4-5-17(26)16(7-13)25(28,29)30)12(3)6-15(19)22(37)35(24)20-18(27)8-14(9-31-20)23(38)39/h4-5,7-9,11-12H,6,10H2,1-3H3,(H,32,33)(H,38,39)/t12-/m1/s1. The van der Waals surface area contributed by atoms with Crippen LogP contribution < -0.4 is 10.9 Å². The third-order valence-corrected chi connectivity index (χ3v) is 6.70. The van der Waals surface area contributed by atoms with Gasteiger partial charge in [0.2, 0.25) is 5.95 Å². The molecule has 0 fully saturated rings. The van der Waals surface area contributed by atoms with E-state index in [2.05, 4.69) is 15.3 Å². The Balaban J connectivity index is 1.79. The van der Waals surface area contributed by atoms with E-state index in [-0.39, 0.29) is 58.2 Å². The predicted molar refractivity (Wildman–Crippen MR) is 138 cm³/mol. The number of benzene rings is 1. The van der Waals surface area contributed by atoms with Crippen LogP contribution in [-0.4, -0.2) is 48.5 Å². The van der Waals surface area contributed by atoms with Crippen molar-refractivity contribution in [1.82, 2.24) is 19.4 Å². The first-order valence-corrected chi connectivity index (χ1v) is 12.4. The van der Waals surface area contributed by atoms with Crippen LogP contribution in [0.3, 0.4) is 0 Å². The number of pyridine rings is 1. The summed E-state index contributed by atoms with van der Waals surface area (Å²) < 4.78 is 41.2. The maximum atomic E-state index is 13.7. The number of nitrogens with zero attached hydrogens (tertiary/aromatic N) is 4. The number of carboxylic acid groups (broad SMARTS) is 1. The van der Waals surface area contributed by atoms with Crippen molar-refractivity contribution >= 4 is 41.0 Å². The molecule has 4 rings (SSSR count). The van der Waals surface area contributed by atoms with Gasteiger partial charge in [-0.25, -0.2) is 19.3 Å². The average molecular weight is 584 g/mol. The number of anilines is 1. The maximum Gasteiger partial charge on any atom is 0.417 e. The first-order chi connectivity index (χ1) is 18.2. The number of carbonyl (C=O) groups excluding carboxylic acids is 1. The number of hydrogen-bond donors (Lipinski definition) is 2. The van der Waals surface area contributed by atoms with E-state index in [1.165, 1.54) is 17.0 Å². The SMILES string of the molecule is CC(C)Nc1nc2c(c(=O)n1-c1ncc(C(=O)O)cc1Cl)C[C@@H](C)N(C(=O)c1ccc(Cl)c(C(F)(F)F)c1)C2. The number of rotatable bonds is 5. The summed E-state index contributed by atoms with van der Waals surface area (Å²) in [5, 5.41) is 11.6. The van der Waals surface area contributed by atoms with Gasteiger partial charge in [-0.05, 0) is 51.5 Å². The van der Waals surface area contributed by atoms with Gasteiger partial charge in [0.25, 0.3) is 11.5 Å². The summed E-state index contributed by atoms with van der Waals surface area (Å²) in [6.45, 7) is 5.13. The summed E-state index contributed by atoms with van der Waals surface area (Å²) in [5.41, 5.74) is -1.49. The maximum absolute atomic E-state index is 13.7. The Kier molecular flexibility index (Phi) is 7.63. The first kappa shape index (κ1) is 28.4. The molecular weight excluding hydrogens is 562 g/mol. The lowest BCUT2D eigenvalue weighted by Crippen LogP contribution is -2.46. The van der Waals surface area contributed by atoms with Gasteiger partial charge < -0.3 is 15.3 Å². The van der Waals surface area contributed by atoms with Crippen LogP contribution in [0.15, 0.2) is 35.3 Å². The Labute approximate surface area is 230 Å². The molecule has 0 unspecified atom stereocenters. The van der Waals surface area contributed by atoms with Crippen molar-refractivity contribution in [2.75, 3.05) is 5.32 Å². The molecule has 1 aromatic carbocycles. The minimum atomic E-state index is -4.74. The molecule has 2 N–H and O–H groups in total. The summed E-state index contributed by atoms with van der Waals surface area (Å²) >= 11 is 12.0. The molecule has 3 heterocycles. The summed E-state index contributed by atoms with van der Waals surface area (Å²) in [4.78, 5) is 48.3. The minimum absolute atomic E-state index is 0.0304. The van der Waals surface area contributed by atoms with Gasteiger partial charge in [0.1, 0.15) is 0 Å². The number of amides is 1. The molecule has 2 aromatic heterocycles. The van der Waals surface area contributed by atoms with E-state index >= 15 is 0 Å². The number of hydrogen-bond acceptors (Lipinski definition) is 6. The van der Waals surface area contributed by atoms with E-state index < -0.39 is 40.2 Å². The van der Waals surface area contributed by atoms with E-state index in [0.29, 0.717) is 6.07 Å². The topological polar surface area (TPSA) is 117 Å². The molecule has 0 bridgehead atoms. The zero-order chi connectivity index (χ0) is 28.8. The Bertz CT molecular complexity index is 1540. The number of halogens is 5. The van der Waals surface area contributed by atoms with Crippen molar-refractivity contribution in [2.45, 2.75) is 52.0 Å². The fraction of sp³-hybridized carbons (Fsp3) is 0.320. The van der Waals surface area contributed by atoms with Gasteiger partial charge in [-0.2, -0.15) is 13.2 Å². The van der Waals surface area contributed by atoms with Crippen molar-refractivity contribution < 1.29 is 27.9 Å². The van der Waals surface area contributed by atoms with E-state index in [1.807, 2.05) is 0 Å². The van der Waals surface area contributed by atoms with Crippen LogP contribution in [0.4, 0.5) is 19.1 Å². The monoisotopic (exact) mass is 583 g/mol. The van der Waals surface area contributed by atoms with Gasteiger partial charge in [0, 0.05) is 29.4 Å². The zero-order valence-corrected chi connectivity index (χ0v) is 22.3. The van der Waals surface area contributed by atoms with Gasteiger partial charge in [-0.3, -0.25) is 9.59 Å². The van der Waals surface area contributed by atoms with Gasteiger partial charge in [-0.15, -0.1) is 0 Å². The smallest absolute Gasteiger partial charge is 0.417 e. The molecule has 1 aliphatic rings. The third kappa shape index (κ3) is 5.57. The molecule has 0 aliphatic carbocycles. The number of alkyl halides is 3. The van der Waals surface area contributed by atoms with Crippen LogP contribution in [0.25, 0.3) is 5.82 Å². The molecule has 39 heavy (non-hydrogen) atoms. The summed E-state index contributed by atoms with van der Waals surface area (Å²) in [5.74, 6) is -1.89. The van der Waals surface area contributed by atoms with Gasteiger partial charge in [-0.1, -0.05) is 23.2 Å². The number of aromatic carboxylic acids is 1. The number of aromatic nitrogens is 3. The average Bonchev–Trinajstić information content (AvgIpc) is 2.84. The van der Waals surface area contributed by atoms with Crippen molar-refractivity contribution in [3.63, 3.8) is 0 Å². The Hall–Kier alpha value is -3.64. The molecule has 0 saturated carbocycles. The van der Waals surface area contributed by atoms with Crippen molar-refractivity contribution in [2.24, 2.45) is 0 Å². The highest BCUT2D eigenvalue weighted by molar-refractivity contribution is 6.32. The van der Waals surface area contributed by atoms with Crippen LogP contribution >= 0.6 is 23.2 Å². The minimum Gasteiger partial charge on any atom is -0.478 e. The quantitative estimate of drug-likeness (QED) is 0.431. The lowest BCUT2D eigenvalue weighted by atomic mass is 9.98. The fourth-order valence-corrected chi connectivity index (χ4v) is 4.71. The summed E-state index contributed by atoms with van der Waals surface area (Å²) in [6.07, 6.45) is -3.62. The second-order valence-corrected chi connectivity index (χ2v) is 10.1. The van der Waals surface area contributed by atoms with E-state index in [1.54, 1.807) is 20.8 Å². The normalized spacial score (nSPS) is 15.3. The van der Waals surface area contributed by atoms with E-state index in [9.17, 15) is 32.7 Å². The molecule has 9 nitrogen and oxygen atoms in total. The molecule has 1 atom stereocenters. The van der Waals surface area contributed by atoms with Crippen LogP contribution in [0.5, 0.6) is 0 Å². The number of carboxylic acids is 1. The molecule has 1 aliphatic heterocycles. The Morgan fingerprint density at radius 2 is 1.85 bits per heavy atom. The van der Waals surface area contributed by atoms with Crippen LogP contribution in [0.1, 0.15) is 58.3 Å². The van der Waals surface area contributed by atoms with Gasteiger partial charge >= 0.3 is 12.1 Å². The highest BCUT2D eigenvalue weighted by Crippen LogP contribution is 2.36. The fourth-order valence-electron chi connectivity index (χ4n) is 4.24. The van der Waals surface area contributed by atoms with Gasteiger partial charge in [0.05, 0.1) is 33.4 Å². The summed E-state index contributed by atoms with van der Waals surface area (Å²) in [6, 6.07) is 3.34. The molecule has 0 radical (unpaired) electrons. The Morgan fingerprint density at radius 3 is 2.44 bits per heavy atom. The molecule has 1 amide bonds. The van der Waals surface area contributed by atoms with E-state index in [0.717, 1.165) is 16.8 Å². The predicted octanol–water partition coefficient (Wildman–Crippen LogP) is 5.06. The van der Waals surface area contributed by atoms with Crippen LogP contribution in [-0.2, 0) is 19.1 Å². The third-order valence-electron chi connectivity index (χ3n) is 6.09. The largest absolute Gasteiger partial charge is 0.478 e. The summed E-state index contributed by atoms with van der Waals surface area (Å²) in [7, 11) is 0.